The molecule has 0 saturated heterocycles. The molecule has 2 atom stereocenters. The van der Waals surface area contributed by atoms with Crippen LogP contribution in [-0.4, -0.2) is 10.6 Å². The molecule has 2 unspecified atom stereocenters. The molecule has 2 aliphatic rings. The third kappa shape index (κ3) is 4.84. The summed E-state index contributed by atoms with van der Waals surface area (Å²) in [6, 6.07) is 43.4. The third-order valence-electron chi connectivity index (χ3n) is 11.6. The first kappa shape index (κ1) is 30.5. The lowest BCUT2D eigenvalue weighted by Gasteiger charge is -2.33. The number of anilines is 2. The van der Waals surface area contributed by atoms with Gasteiger partial charge in [-0.3, -0.25) is 0 Å². The van der Waals surface area contributed by atoms with Crippen LogP contribution in [0.4, 0.5) is 11.4 Å². The minimum absolute atomic E-state index is 0.135. The predicted molar refractivity (Wildman–Crippen MR) is 206 cm³/mol. The van der Waals surface area contributed by atoms with Crippen LogP contribution in [0.1, 0.15) is 71.4 Å². The van der Waals surface area contributed by atoms with Gasteiger partial charge in [-0.25, -0.2) is 0 Å². The Morgan fingerprint density at radius 1 is 0.604 bits per heavy atom. The van der Waals surface area contributed by atoms with E-state index in [0.717, 1.165) is 12.8 Å². The summed E-state index contributed by atoms with van der Waals surface area (Å²) in [6.45, 7) is 14.0. The molecule has 2 heteroatoms. The topological polar surface area (TPSA) is 8.17 Å². The van der Waals surface area contributed by atoms with Gasteiger partial charge < -0.3 is 9.47 Å². The van der Waals surface area contributed by atoms with E-state index in [9.17, 15) is 0 Å². The second-order valence-electron chi connectivity index (χ2n) is 15.1. The van der Waals surface area contributed by atoms with Crippen LogP contribution in [0.25, 0.3) is 38.6 Å². The van der Waals surface area contributed by atoms with Gasteiger partial charge in [-0.05, 0) is 100 Å². The van der Waals surface area contributed by atoms with Gasteiger partial charge in [0.2, 0.25) is 0 Å². The van der Waals surface area contributed by atoms with E-state index in [2.05, 4.69) is 184 Å². The van der Waals surface area contributed by atoms with Crippen LogP contribution in [0.15, 0.2) is 139 Å². The first-order valence-electron chi connectivity index (χ1n) is 17.7. The molecule has 0 saturated carbocycles. The smallest absolute Gasteiger partial charge is 0.0629 e. The molecule has 8 rings (SSSR count). The van der Waals surface area contributed by atoms with Crippen molar-refractivity contribution in [3.05, 3.63) is 150 Å². The summed E-state index contributed by atoms with van der Waals surface area (Å²) in [5, 5.41) is 2.62. The fourth-order valence-electron chi connectivity index (χ4n) is 7.84. The van der Waals surface area contributed by atoms with E-state index in [1.165, 1.54) is 66.7 Å². The van der Waals surface area contributed by atoms with E-state index in [1.807, 2.05) is 0 Å². The molecule has 48 heavy (non-hydrogen) atoms. The van der Waals surface area contributed by atoms with Crippen molar-refractivity contribution in [2.24, 2.45) is 5.41 Å². The summed E-state index contributed by atoms with van der Waals surface area (Å²) >= 11 is 0. The zero-order valence-electron chi connectivity index (χ0n) is 29.2. The number of allylic oxidation sites excluding steroid dienone is 2. The summed E-state index contributed by atoms with van der Waals surface area (Å²) < 4.78 is 2.44. The van der Waals surface area contributed by atoms with E-state index in [4.69, 9.17) is 0 Å². The van der Waals surface area contributed by atoms with Gasteiger partial charge in [0.15, 0.2) is 0 Å². The lowest BCUT2D eigenvalue weighted by atomic mass is 9.76. The van der Waals surface area contributed by atoms with Gasteiger partial charge in [-0.15, -0.1) is 0 Å². The Morgan fingerprint density at radius 3 is 2.04 bits per heavy atom. The number of rotatable bonds is 7. The predicted octanol–water partition coefficient (Wildman–Crippen LogP) is 12.7. The molecule has 0 spiro atoms. The Morgan fingerprint density at radius 2 is 1.27 bits per heavy atom. The van der Waals surface area contributed by atoms with Crippen LogP contribution in [0.3, 0.4) is 0 Å². The average molecular weight is 627 g/mol. The fraction of sp³-hybridized carbons (Fsp3) is 0.261. The van der Waals surface area contributed by atoms with Gasteiger partial charge in [0.05, 0.1) is 17.1 Å². The van der Waals surface area contributed by atoms with Crippen molar-refractivity contribution >= 4 is 33.2 Å². The molecule has 2 nitrogen and oxygen atoms in total. The summed E-state index contributed by atoms with van der Waals surface area (Å²) in [4.78, 5) is 2.55. The number of hydrogen-bond donors (Lipinski definition) is 0. The van der Waals surface area contributed by atoms with Crippen molar-refractivity contribution in [1.82, 2.24) is 4.57 Å². The van der Waals surface area contributed by atoms with Gasteiger partial charge in [0.1, 0.15) is 0 Å². The van der Waals surface area contributed by atoms with Crippen molar-refractivity contribution in [2.75, 3.05) is 4.90 Å². The Labute approximate surface area is 286 Å². The Balaban J connectivity index is 1.20. The van der Waals surface area contributed by atoms with Crippen LogP contribution in [0, 0.1) is 5.41 Å². The molecular weight excluding hydrogens is 581 g/mol. The number of para-hydroxylation sites is 2. The molecule has 0 amide bonds. The maximum atomic E-state index is 2.55. The standard InChI is InChI=1S/C46H46N2/c1-7-45(3,4)33-23-25-43-39(29-33)37-19-9-11-21-41(37)47(43)35-17-13-15-31(27-35)32-16-14-18-36(28-32)48-42-22-12-10-20-38(42)40-30-34(24-26-44(40)48)46(5,6)8-2/h9-30,39,43H,7-8H2,1-6H3. The maximum Gasteiger partial charge on any atom is 0.0629 e. The van der Waals surface area contributed by atoms with E-state index < -0.39 is 0 Å². The highest BCUT2D eigenvalue weighted by Gasteiger charge is 2.39. The lowest BCUT2D eigenvalue weighted by molar-refractivity contribution is 0.434. The van der Waals surface area contributed by atoms with Crippen molar-refractivity contribution < 1.29 is 0 Å². The first-order chi connectivity index (χ1) is 23.2. The summed E-state index contributed by atoms with van der Waals surface area (Å²) in [5.41, 5.74) is 13.2. The van der Waals surface area contributed by atoms with Gasteiger partial charge >= 0.3 is 0 Å². The van der Waals surface area contributed by atoms with Crippen molar-refractivity contribution in [1.29, 1.82) is 0 Å². The largest absolute Gasteiger partial charge is 0.333 e. The molecular formula is C46H46N2. The molecule has 5 aromatic carbocycles. The molecule has 1 aromatic heterocycles. The van der Waals surface area contributed by atoms with Crippen LogP contribution >= 0.6 is 0 Å². The molecule has 0 N–H and O–H groups in total. The Kier molecular flexibility index (Phi) is 7.25. The molecule has 0 fully saturated rings. The average Bonchev–Trinajstić information content (AvgIpc) is 3.64. The molecule has 1 aliphatic carbocycles. The molecule has 0 radical (unpaired) electrons. The van der Waals surface area contributed by atoms with E-state index in [1.54, 1.807) is 0 Å². The van der Waals surface area contributed by atoms with Crippen LogP contribution in [0.2, 0.25) is 0 Å². The van der Waals surface area contributed by atoms with Gasteiger partial charge in [0, 0.05) is 33.8 Å². The summed E-state index contributed by atoms with van der Waals surface area (Å²) in [5.74, 6) is 0.345. The quantitative estimate of drug-likeness (QED) is 0.171. The van der Waals surface area contributed by atoms with Crippen molar-refractivity contribution in [3.63, 3.8) is 0 Å². The highest BCUT2D eigenvalue weighted by Crippen LogP contribution is 2.50. The van der Waals surface area contributed by atoms with Crippen molar-refractivity contribution in [2.45, 2.75) is 71.8 Å². The zero-order valence-corrected chi connectivity index (χ0v) is 29.2. The lowest BCUT2D eigenvalue weighted by Crippen LogP contribution is -2.30. The van der Waals surface area contributed by atoms with E-state index in [-0.39, 0.29) is 16.9 Å². The molecule has 1 aliphatic heterocycles. The Bertz CT molecular complexity index is 2240. The number of benzene rings is 5. The second-order valence-corrected chi connectivity index (χ2v) is 15.1. The molecule has 6 aromatic rings. The fourth-order valence-corrected chi connectivity index (χ4v) is 7.84. The maximum absolute atomic E-state index is 2.55. The van der Waals surface area contributed by atoms with Gasteiger partial charge in [-0.2, -0.15) is 0 Å². The Hall–Kier alpha value is -4.82. The zero-order chi connectivity index (χ0) is 33.2. The first-order valence-corrected chi connectivity index (χ1v) is 17.7. The molecule has 2 heterocycles. The van der Waals surface area contributed by atoms with E-state index >= 15 is 0 Å². The summed E-state index contributed by atoms with van der Waals surface area (Å²) in [7, 11) is 0. The second kappa shape index (κ2) is 11.4. The normalized spacial score (nSPS) is 17.5. The summed E-state index contributed by atoms with van der Waals surface area (Å²) in [6.07, 6.45) is 9.60. The monoisotopic (exact) mass is 626 g/mol. The molecule has 0 bridgehead atoms. The minimum atomic E-state index is 0.135. The SMILES string of the molecule is CCC(C)(C)C1=CC2c3ccccc3N(c3cccc(-c4cccc(-n5c6ccccc6c6cc(C(C)(C)CC)ccc65)c4)c3)C2C=C1. The highest BCUT2D eigenvalue weighted by atomic mass is 15.2. The third-order valence-corrected chi connectivity index (χ3v) is 11.6. The van der Waals surface area contributed by atoms with Crippen LogP contribution in [-0.2, 0) is 5.41 Å². The van der Waals surface area contributed by atoms with Crippen molar-refractivity contribution in [3.8, 4) is 16.8 Å². The van der Waals surface area contributed by atoms with E-state index in [0.29, 0.717) is 5.92 Å². The highest BCUT2D eigenvalue weighted by molar-refractivity contribution is 6.09. The number of nitrogens with zero attached hydrogens (tertiary/aromatic N) is 2. The van der Waals surface area contributed by atoms with Crippen LogP contribution in [0.5, 0.6) is 0 Å². The van der Waals surface area contributed by atoms with Gasteiger partial charge in [-0.1, -0.05) is 127 Å². The number of aromatic nitrogens is 1. The van der Waals surface area contributed by atoms with Crippen LogP contribution < -0.4 is 4.90 Å². The van der Waals surface area contributed by atoms with Gasteiger partial charge in [0.25, 0.3) is 0 Å². The number of fused-ring (bicyclic) bond motifs is 6. The molecule has 240 valence electrons. The number of hydrogen-bond acceptors (Lipinski definition) is 1. The minimum Gasteiger partial charge on any atom is -0.333 e.